The molecule has 21 heavy (non-hydrogen) atoms. The van der Waals surface area contributed by atoms with Gasteiger partial charge in [-0.2, -0.15) is 0 Å². The fourth-order valence-electron chi connectivity index (χ4n) is 1.77. The first-order valence-electron chi connectivity index (χ1n) is 6.39. The Labute approximate surface area is 127 Å². The monoisotopic (exact) mass is 300 g/mol. The van der Waals surface area contributed by atoms with Crippen LogP contribution in [-0.2, 0) is 0 Å². The molecule has 1 aromatic heterocycles. The van der Waals surface area contributed by atoms with Crippen molar-refractivity contribution >= 4 is 22.9 Å². The molecule has 0 saturated carbocycles. The fourth-order valence-corrected chi connectivity index (χ4v) is 2.54. The summed E-state index contributed by atoms with van der Waals surface area (Å²) >= 11 is 1.34. The molecule has 108 valence electrons. The van der Waals surface area contributed by atoms with Crippen LogP contribution in [0.25, 0.3) is 0 Å². The van der Waals surface area contributed by atoms with E-state index in [1.807, 2.05) is 31.2 Å². The van der Waals surface area contributed by atoms with Crippen molar-refractivity contribution in [3.63, 3.8) is 0 Å². The van der Waals surface area contributed by atoms with E-state index < -0.39 is 0 Å². The third-order valence-electron chi connectivity index (χ3n) is 2.75. The van der Waals surface area contributed by atoms with Crippen molar-refractivity contribution in [3.8, 4) is 17.6 Å². The van der Waals surface area contributed by atoms with Crippen molar-refractivity contribution in [1.29, 1.82) is 0 Å². The van der Waals surface area contributed by atoms with Gasteiger partial charge in [-0.15, -0.1) is 11.3 Å². The minimum Gasteiger partial charge on any atom is -0.495 e. The highest BCUT2D eigenvalue weighted by molar-refractivity contribution is 7.14. The zero-order valence-corrected chi connectivity index (χ0v) is 12.7. The summed E-state index contributed by atoms with van der Waals surface area (Å²) in [5.41, 5.74) is 7.03. The van der Waals surface area contributed by atoms with Crippen molar-refractivity contribution in [2.45, 2.75) is 6.92 Å². The Hall–Kier alpha value is -2.29. The molecule has 2 rings (SSSR count). The van der Waals surface area contributed by atoms with E-state index >= 15 is 0 Å². The van der Waals surface area contributed by atoms with Crippen molar-refractivity contribution in [2.24, 2.45) is 5.73 Å². The molecule has 0 fully saturated rings. The number of carbonyl (C=O) groups excluding carboxylic acids is 1. The van der Waals surface area contributed by atoms with Gasteiger partial charge in [0.25, 0.3) is 5.91 Å². The molecule has 0 aliphatic carbocycles. The molecule has 0 aliphatic rings. The average Bonchev–Trinajstić information content (AvgIpc) is 2.94. The summed E-state index contributed by atoms with van der Waals surface area (Å²) < 4.78 is 5.25. The normalized spacial score (nSPS) is 9.67. The van der Waals surface area contributed by atoms with Gasteiger partial charge in [0.05, 0.1) is 29.1 Å². The SMILES string of the molecule is COc1ccc(C)cc1NC(=O)c1ccc(C#CCN)s1. The summed E-state index contributed by atoms with van der Waals surface area (Å²) in [6.07, 6.45) is 0. The van der Waals surface area contributed by atoms with E-state index in [2.05, 4.69) is 17.2 Å². The molecular formula is C16H16N2O2S. The molecule has 0 bridgehead atoms. The number of nitrogens with one attached hydrogen (secondary N) is 1. The van der Waals surface area contributed by atoms with Crippen LogP contribution >= 0.6 is 11.3 Å². The standard InChI is InChI=1S/C16H16N2O2S/c1-11-5-7-14(20-2)13(10-11)18-16(19)15-8-6-12(21-15)4-3-9-17/h5-8,10H,9,17H2,1-2H3,(H,18,19). The fraction of sp³-hybridized carbons (Fsp3) is 0.188. The van der Waals surface area contributed by atoms with Gasteiger partial charge in [0, 0.05) is 0 Å². The van der Waals surface area contributed by atoms with Crippen molar-refractivity contribution in [3.05, 3.63) is 45.6 Å². The van der Waals surface area contributed by atoms with E-state index in [-0.39, 0.29) is 5.91 Å². The number of ether oxygens (including phenoxy) is 1. The highest BCUT2D eigenvalue weighted by Crippen LogP contribution is 2.26. The van der Waals surface area contributed by atoms with Crippen LogP contribution in [0.1, 0.15) is 20.1 Å². The molecule has 3 N–H and O–H groups in total. The topological polar surface area (TPSA) is 64.3 Å². The Morgan fingerprint density at radius 1 is 1.38 bits per heavy atom. The molecule has 0 radical (unpaired) electrons. The van der Waals surface area contributed by atoms with Gasteiger partial charge in [0.15, 0.2) is 0 Å². The van der Waals surface area contributed by atoms with Crippen molar-refractivity contribution in [1.82, 2.24) is 0 Å². The molecule has 1 amide bonds. The highest BCUT2D eigenvalue weighted by atomic mass is 32.1. The lowest BCUT2D eigenvalue weighted by molar-refractivity contribution is 0.103. The Kier molecular flexibility index (Phi) is 4.99. The third-order valence-corrected chi connectivity index (χ3v) is 3.75. The van der Waals surface area contributed by atoms with Gasteiger partial charge in [-0.25, -0.2) is 0 Å². The summed E-state index contributed by atoms with van der Waals surface area (Å²) in [6.45, 7) is 2.26. The summed E-state index contributed by atoms with van der Waals surface area (Å²) in [4.78, 5) is 13.7. The number of methoxy groups -OCH3 is 1. The lowest BCUT2D eigenvalue weighted by atomic mass is 10.2. The Balaban J connectivity index is 2.18. The maximum atomic E-state index is 12.3. The summed E-state index contributed by atoms with van der Waals surface area (Å²) in [5.74, 6) is 6.14. The molecule has 1 aromatic carbocycles. The molecular weight excluding hydrogens is 284 g/mol. The van der Waals surface area contributed by atoms with Crippen LogP contribution in [0.4, 0.5) is 5.69 Å². The lowest BCUT2D eigenvalue weighted by Gasteiger charge is -2.10. The Morgan fingerprint density at radius 2 is 2.19 bits per heavy atom. The van der Waals surface area contributed by atoms with E-state index in [0.29, 0.717) is 22.9 Å². The van der Waals surface area contributed by atoms with Crippen LogP contribution in [-0.4, -0.2) is 19.6 Å². The smallest absolute Gasteiger partial charge is 0.265 e. The van der Waals surface area contributed by atoms with Gasteiger partial charge < -0.3 is 15.8 Å². The van der Waals surface area contributed by atoms with Crippen LogP contribution in [0.2, 0.25) is 0 Å². The zero-order chi connectivity index (χ0) is 15.2. The largest absolute Gasteiger partial charge is 0.495 e. The molecule has 2 aromatic rings. The van der Waals surface area contributed by atoms with E-state index in [1.54, 1.807) is 13.2 Å². The molecule has 0 saturated heterocycles. The number of aryl methyl sites for hydroxylation is 1. The third kappa shape index (κ3) is 3.85. The molecule has 0 spiro atoms. The van der Waals surface area contributed by atoms with Gasteiger partial charge in [-0.05, 0) is 36.8 Å². The Bertz CT molecular complexity index is 711. The van der Waals surface area contributed by atoms with Gasteiger partial charge in [-0.3, -0.25) is 4.79 Å². The summed E-state index contributed by atoms with van der Waals surface area (Å²) in [5, 5.41) is 2.86. The summed E-state index contributed by atoms with van der Waals surface area (Å²) in [7, 11) is 1.58. The molecule has 0 atom stereocenters. The van der Waals surface area contributed by atoms with Crippen molar-refractivity contribution in [2.75, 3.05) is 19.0 Å². The number of anilines is 1. The first-order valence-corrected chi connectivity index (χ1v) is 7.20. The number of thiophene rings is 1. The zero-order valence-electron chi connectivity index (χ0n) is 11.9. The first-order chi connectivity index (χ1) is 10.1. The number of nitrogens with two attached hydrogens (primary N) is 1. The number of amides is 1. The minimum atomic E-state index is -0.176. The predicted octanol–water partition coefficient (Wildman–Crippen LogP) is 2.63. The molecule has 5 heteroatoms. The number of benzene rings is 1. The van der Waals surface area contributed by atoms with Gasteiger partial charge >= 0.3 is 0 Å². The summed E-state index contributed by atoms with van der Waals surface area (Å²) in [6, 6.07) is 9.20. The van der Waals surface area contributed by atoms with Crippen molar-refractivity contribution < 1.29 is 9.53 Å². The van der Waals surface area contributed by atoms with E-state index in [4.69, 9.17) is 10.5 Å². The van der Waals surface area contributed by atoms with E-state index in [1.165, 1.54) is 11.3 Å². The van der Waals surface area contributed by atoms with Crippen LogP contribution in [0.15, 0.2) is 30.3 Å². The second kappa shape index (κ2) is 6.93. The first kappa shape index (κ1) is 15.1. The van der Waals surface area contributed by atoms with Crippen LogP contribution in [0, 0.1) is 18.8 Å². The second-order valence-corrected chi connectivity index (χ2v) is 5.41. The molecule has 1 heterocycles. The molecule has 0 unspecified atom stereocenters. The van der Waals surface area contributed by atoms with Gasteiger partial charge in [0.1, 0.15) is 5.75 Å². The molecule has 4 nitrogen and oxygen atoms in total. The van der Waals surface area contributed by atoms with Gasteiger partial charge in [-0.1, -0.05) is 17.9 Å². The Morgan fingerprint density at radius 3 is 2.90 bits per heavy atom. The van der Waals surface area contributed by atoms with Gasteiger partial charge in [0.2, 0.25) is 0 Å². The predicted molar refractivity (Wildman–Crippen MR) is 85.9 cm³/mol. The molecule has 0 aliphatic heterocycles. The minimum absolute atomic E-state index is 0.176. The second-order valence-electron chi connectivity index (χ2n) is 4.33. The maximum absolute atomic E-state index is 12.3. The number of rotatable bonds is 3. The van der Waals surface area contributed by atoms with E-state index in [9.17, 15) is 4.79 Å². The number of hydrogen-bond acceptors (Lipinski definition) is 4. The van der Waals surface area contributed by atoms with Crippen LogP contribution in [0.5, 0.6) is 5.75 Å². The highest BCUT2D eigenvalue weighted by Gasteiger charge is 2.12. The van der Waals surface area contributed by atoms with Crippen LogP contribution < -0.4 is 15.8 Å². The quantitative estimate of drug-likeness (QED) is 0.856. The number of carbonyl (C=O) groups is 1. The van der Waals surface area contributed by atoms with Crippen LogP contribution in [0.3, 0.4) is 0 Å². The number of hydrogen-bond donors (Lipinski definition) is 2. The average molecular weight is 300 g/mol. The maximum Gasteiger partial charge on any atom is 0.265 e. The lowest BCUT2D eigenvalue weighted by Crippen LogP contribution is -2.11. The van der Waals surface area contributed by atoms with E-state index in [0.717, 1.165) is 10.4 Å².